The second-order valence-electron chi connectivity index (χ2n) is 6.07. The van der Waals surface area contributed by atoms with E-state index in [-0.39, 0.29) is 11.4 Å². The molecule has 138 valence electrons. The molecule has 1 heterocycles. The molecule has 0 spiro atoms. The van der Waals surface area contributed by atoms with Crippen LogP contribution in [0.5, 0.6) is 5.75 Å². The zero-order chi connectivity index (χ0) is 18.4. The Bertz CT molecular complexity index is 949. The minimum Gasteiger partial charge on any atom is -0.493 e. The molecular weight excluding hydrogens is 350 g/mol. The summed E-state index contributed by atoms with van der Waals surface area (Å²) in [5.41, 5.74) is 0. The van der Waals surface area contributed by atoms with Gasteiger partial charge in [0.25, 0.3) is 0 Å². The van der Waals surface area contributed by atoms with Crippen molar-refractivity contribution >= 4 is 20.8 Å². The van der Waals surface area contributed by atoms with E-state index in [1.54, 1.807) is 30.3 Å². The van der Waals surface area contributed by atoms with E-state index in [1.165, 1.54) is 6.26 Å². The first kappa shape index (κ1) is 18.5. The number of hydrogen-bond donors (Lipinski definition) is 1. The van der Waals surface area contributed by atoms with Crippen LogP contribution in [0.25, 0.3) is 10.8 Å². The first-order valence-corrected chi connectivity index (χ1v) is 10.3. The van der Waals surface area contributed by atoms with Gasteiger partial charge in [-0.3, -0.25) is 0 Å². The lowest BCUT2D eigenvalue weighted by atomic mass is 10.1. The van der Waals surface area contributed by atoms with Crippen LogP contribution < -0.4 is 9.46 Å². The van der Waals surface area contributed by atoms with Crippen molar-refractivity contribution in [2.75, 3.05) is 6.61 Å². The smallest absolute Gasteiger partial charge is 0.241 e. The van der Waals surface area contributed by atoms with E-state index >= 15 is 0 Å². The van der Waals surface area contributed by atoms with Gasteiger partial charge in [0.05, 0.1) is 24.3 Å². The topological polar surface area (TPSA) is 68.5 Å². The highest BCUT2D eigenvalue weighted by Gasteiger charge is 2.19. The Morgan fingerprint density at radius 3 is 2.54 bits per heavy atom. The summed E-state index contributed by atoms with van der Waals surface area (Å²) in [6.07, 6.45) is 4.74. The highest BCUT2D eigenvalue weighted by molar-refractivity contribution is 7.89. The van der Waals surface area contributed by atoms with Gasteiger partial charge in [0.2, 0.25) is 10.0 Å². The van der Waals surface area contributed by atoms with E-state index in [0.717, 1.165) is 24.6 Å². The molecule has 2 aromatic carbocycles. The third-order valence-corrected chi connectivity index (χ3v) is 5.61. The van der Waals surface area contributed by atoms with Gasteiger partial charge >= 0.3 is 0 Å². The van der Waals surface area contributed by atoms with Crippen molar-refractivity contribution in [1.29, 1.82) is 0 Å². The number of benzene rings is 2. The Balaban J connectivity index is 1.86. The van der Waals surface area contributed by atoms with Gasteiger partial charge in [0, 0.05) is 10.8 Å². The molecule has 0 aliphatic carbocycles. The molecule has 3 rings (SSSR count). The van der Waals surface area contributed by atoms with Crippen molar-refractivity contribution in [2.24, 2.45) is 0 Å². The zero-order valence-corrected chi connectivity index (χ0v) is 15.6. The average Bonchev–Trinajstić information content (AvgIpc) is 3.17. The molecular formula is C20H23NO4S. The molecule has 3 aromatic rings. The van der Waals surface area contributed by atoms with Crippen molar-refractivity contribution in [1.82, 2.24) is 4.72 Å². The predicted molar refractivity (Wildman–Crippen MR) is 102 cm³/mol. The monoisotopic (exact) mass is 373 g/mol. The van der Waals surface area contributed by atoms with Crippen LogP contribution in [0.3, 0.4) is 0 Å². The first-order valence-electron chi connectivity index (χ1n) is 8.78. The fourth-order valence-electron chi connectivity index (χ4n) is 2.80. The molecule has 1 N–H and O–H groups in total. The number of sulfonamides is 1. The maximum atomic E-state index is 12.8. The number of fused-ring (bicyclic) bond motifs is 1. The Morgan fingerprint density at radius 2 is 1.81 bits per heavy atom. The summed E-state index contributed by atoms with van der Waals surface area (Å²) in [7, 11) is -3.67. The van der Waals surface area contributed by atoms with Crippen LogP contribution in [0.2, 0.25) is 0 Å². The first-order chi connectivity index (χ1) is 12.6. The third kappa shape index (κ3) is 4.26. The standard InChI is InChI=1S/C20H23NO4S/c1-2-3-6-13-25-19-11-12-20(18-10-5-4-9-17(18)19)26(22,23)21-15-16-8-7-14-24-16/h4-5,7-12,14,21H,2-3,6,13,15H2,1H3. The fraction of sp³-hybridized carbons (Fsp3) is 0.300. The molecule has 0 radical (unpaired) electrons. The van der Waals surface area contributed by atoms with E-state index < -0.39 is 10.0 Å². The van der Waals surface area contributed by atoms with Crippen molar-refractivity contribution in [2.45, 2.75) is 37.6 Å². The Labute approximate surface area is 154 Å². The maximum absolute atomic E-state index is 12.8. The number of hydrogen-bond acceptors (Lipinski definition) is 4. The number of furan rings is 1. The normalized spacial score (nSPS) is 11.7. The number of nitrogens with one attached hydrogen (secondary N) is 1. The lowest BCUT2D eigenvalue weighted by Crippen LogP contribution is -2.23. The largest absolute Gasteiger partial charge is 0.493 e. The third-order valence-electron chi connectivity index (χ3n) is 4.16. The average molecular weight is 373 g/mol. The minimum atomic E-state index is -3.67. The summed E-state index contributed by atoms with van der Waals surface area (Å²) in [6.45, 7) is 2.88. The molecule has 26 heavy (non-hydrogen) atoms. The lowest BCUT2D eigenvalue weighted by molar-refractivity contribution is 0.309. The maximum Gasteiger partial charge on any atom is 0.241 e. The van der Waals surface area contributed by atoms with Gasteiger partial charge in [0.15, 0.2) is 0 Å². The summed E-state index contributed by atoms with van der Waals surface area (Å²) >= 11 is 0. The SMILES string of the molecule is CCCCCOc1ccc(S(=O)(=O)NCc2ccco2)c2ccccc12. The second-order valence-corrected chi connectivity index (χ2v) is 7.80. The Hall–Kier alpha value is -2.31. The quantitative estimate of drug-likeness (QED) is 0.562. The van der Waals surface area contributed by atoms with Crippen LogP contribution in [0.15, 0.2) is 64.1 Å². The van der Waals surface area contributed by atoms with Crippen LogP contribution in [0.1, 0.15) is 31.9 Å². The second kappa shape index (κ2) is 8.38. The van der Waals surface area contributed by atoms with Crippen LogP contribution in [-0.4, -0.2) is 15.0 Å². The van der Waals surface area contributed by atoms with E-state index in [0.29, 0.717) is 23.5 Å². The number of rotatable bonds is 9. The number of ether oxygens (including phenoxy) is 1. The summed E-state index contributed by atoms with van der Waals surface area (Å²) in [5, 5.41) is 1.44. The molecule has 6 heteroatoms. The molecule has 0 amide bonds. The van der Waals surface area contributed by atoms with Crippen molar-refractivity contribution in [3.05, 3.63) is 60.6 Å². The van der Waals surface area contributed by atoms with Gasteiger partial charge in [-0.2, -0.15) is 0 Å². The van der Waals surface area contributed by atoms with Gasteiger partial charge in [-0.25, -0.2) is 13.1 Å². The van der Waals surface area contributed by atoms with Crippen LogP contribution in [0, 0.1) is 0 Å². The zero-order valence-electron chi connectivity index (χ0n) is 14.8. The van der Waals surface area contributed by atoms with Crippen molar-refractivity contribution in [3.8, 4) is 5.75 Å². The summed E-state index contributed by atoms with van der Waals surface area (Å²) in [4.78, 5) is 0.237. The summed E-state index contributed by atoms with van der Waals surface area (Å²) < 4.78 is 39.2. The van der Waals surface area contributed by atoms with E-state index in [1.807, 2.05) is 18.2 Å². The van der Waals surface area contributed by atoms with Gasteiger partial charge in [0.1, 0.15) is 11.5 Å². The molecule has 0 aliphatic heterocycles. The van der Waals surface area contributed by atoms with E-state index in [4.69, 9.17) is 9.15 Å². The molecule has 0 bridgehead atoms. The van der Waals surface area contributed by atoms with Crippen molar-refractivity contribution in [3.63, 3.8) is 0 Å². The highest BCUT2D eigenvalue weighted by Crippen LogP contribution is 2.31. The van der Waals surface area contributed by atoms with Crippen LogP contribution in [0.4, 0.5) is 0 Å². The van der Waals surface area contributed by atoms with Gasteiger partial charge < -0.3 is 9.15 Å². The van der Waals surface area contributed by atoms with E-state index in [2.05, 4.69) is 11.6 Å². The van der Waals surface area contributed by atoms with Gasteiger partial charge in [-0.15, -0.1) is 0 Å². The van der Waals surface area contributed by atoms with Gasteiger partial charge in [-0.1, -0.05) is 44.0 Å². The molecule has 0 saturated carbocycles. The molecule has 0 atom stereocenters. The van der Waals surface area contributed by atoms with E-state index in [9.17, 15) is 8.42 Å². The molecule has 0 aliphatic rings. The fourth-order valence-corrected chi connectivity index (χ4v) is 4.00. The summed E-state index contributed by atoms with van der Waals surface area (Å²) in [6, 6.07) is 14.2. The Morgan fingerprint density at radius 1 is 1.00 bits per heavy atom. The highest BCUT2D eigenvalue weighted by atomic mass is 32.2. The number of unbranched alkanes of at least 4 members (excludes halogenated alkanes) is 2. The molecule has 5 nitrogen and oxygen atoms in total. The summed E-state index contributed by atoms with van der Waals surface area (Å²) in [5.74, 6) is 1.27. The predicted octanol–water partition coefficient (Wildman–Crippen LogP) is 4.48. The van der Waals surface area contributed by atoms with Gasteiger partial charge in [-0.05, 0) is 30.7 Å². The lowest BCUT2D eigenvalue weighted by Gasteiger charge is -2.13. The molecule has 0 fully saturated rings. The van der Waals surface area contributed by atoms with Crippen LogP contribution in [-0.2, 0) is 16.6 Å². The molecule has 1 aromatic heterocycles. The molecule has 0 saturated heterocycles. The van der Waals surface area contributed by atoms with Crippen LogP contribution >= 0.6 is 0 Å². The Kier molecular flexibility index (Phi) is 5.96. The van der Waals surface area contributed by atoms with Crippen molar-refractivity contribution < 1.29 is 17.6 Å². The minimum absolute atomic E-state index is 0.110. The molecule has 0 unspecified atom stereocenters.